The number of hydrogen-bond acceptors (Lipinski definition) is 3. The summed E-state index contributed by atoms with van der Waals surface area (Å²) in [5.41, 5.74) is 2.37. The molecule has 0 bridgehead atoms. The Balaban J connectivity index is 1.98. The predicted molar refractivity (Wildman–Crippen MR) is 89.0 cm³/mol. The minimum Gasteiger partial charge on any atom is -0.457 e. The number of benzene rings is 2. The van der Waals surface area contributed by atoms with Crippen molar-refractivity contribution in [3.63, 3.8) is 0 Å². The average Bonchev–Trinajstić information content (AvgIpc) is 2.46. The van der Waals surface area contributed by atoms with Crippen LogP contribution in [-0.2, 0) is 11.3 Å². The molecule has 0 saturated carbocycles. The van der Waals surface area contributed by atoms with E-state index < -0.39 is 0 Å². The summed E-state index contributed by atoms with van der Waals surface area (Å²) in [6.07, 6.45) is 0. The van der Waals surface area contributed by atoms with Crippen LogP contribution in [0.2, 0.25) is 0 Å². The van der Waals surface area contributed by atoms with Crippen molar-refractivity contribution in [1.82, 2.24) is 5.32 Å². The first-order valence-corrected chi connectivity index (χ1v) is 7.71. The second-order valence-corrected chi connectivity index (χ2v) is 5.74. The third kappa shape index (κ3) is 5.16. The van der Waals surface area contributed by atoms with Crippen molar-refractivity contribution < 1.29 is 9.47 Å². The van der Waals surface area contributed by atoms with Crippen LogP contribution < -0.4 is 10.1 Å². The quantitative estimate of drug-likeness (QED) is 0.756. The highest BCUT2D eigenvalue weighted by molar-refractivity contribution is 9.10. The summed E-state index contributed by atoms with van der Waals surface area (Å²) < 4.78 is 11.9. The van der Waals surface area contributed by atoms with Gasteiger partial charge in [0.05, 0.1) is 6.61 Å². The smallest absolute Gasteiger partial charge is 0.130 e. The van der Waals surface area contributed by atoms with Crippen LogP contribution in [0.3, 0.4) is 0 Å². The average molecular weight is 350 g/mol. The van der Waals surface area contributed by atoms with Crippen molar-refractivity contribution in [2.24, 2.45) is 0 Å². The van der Waals surface area contributed by atoms with Crippen molar-refractivity contribution in [3.8, 4) is 11.5 Å². The maximum absolute atomic E-state index is 5.92. The maximum atomic E-state index is 5.92. The van der Waals surface area contributed by atoms with Gasteiger partial charge in [-0.2, -0.15) is 0 Å². The van der Waals surface area contributed by atoms with Gasteiger partial charge in [-0.3, -0.25) is 0 Å². The highest BCUT2D eigenvalue weighted by Gasteiger charge is 2.03. The van der Waals surface area contributed by atoms with Gasteiger partial charge in [-0.1, -0.05) is 34.1 Å². The van der Waals surface area contributed by atoms with Crippen molar-refractivity contribution >= 4 is 15.9 Å². The third-order valence-corrected chi connectivity index (χ3v) is 3.57. The van der Waals surface area contributed by atoms with E-state index in [0.717, 1.165) is 41.2 Å². The van der Waals surface area contributed by atoms with E-state index in [2.05, 4.69) is 40.3 Å². The molecule has 0 amide bonds. The number of methoxy groups -OCH3 is 1. The first-order chi connectivity index (χ1) is 10.2. The van der Waals surface area contributed by atoms with Crippen molar-refractivity contribution in [1.29, 1.82) is 0 Å². The highest BCUT2D eigenvalue weighted by Crippen LogP contribution is 2.27. The van der Waals surface area contributed by atoms with E-state index in [9.17, 15) is 0 Å². The molecule has 0 aliphatic heterocycles. The molecule has 1 N–H and O–H groups in total. The van der Waals surface area contributed by atoms with Crippen LogP contribution in [0.25, 0.3) is 0 Å². The van der Waals surface area contributed by atoms with Gasteiger partial charge in [0.1, 0.15) is 11.5 Å². The second kappa shape index (κ2) is 8.17. The largest absolute Gasteiger partial charge is 0.457 e. The van der Waals surface area contributed by atoms with E-state index in [1.54, 1.807) is 7.11 Å². The maximum Gasteiger partial charge on any atom is 0.130 e. The van der Waals surface area contributed by atoms with Crippen LogP contribution in [0.1, 0.15) is 11.1 Å². The SMILES string of the molecule is COCCNCc1ccc(Oc2cccc(Br)c2)c(C)c1. The predicted octanol–water partition coefficient (Wildman–Crippen LogP) is 4.29. The first-order valence-electron chi connectivity index (χ1n) is 6.91. The van der Waals surface area contributed by atoms with Gasteiger partial charge >= 0.3 is 0 Å². The molecular weight excluding hydrogens is 330 g/mol. The second-order valence-electron chi connectivity index (χ2n) is 4.83. The molecule has 0 heterocycles. The molecule has 0 aliphatic carbocycles. The summed E-state index contributed by atoms with van der Waals surface area (Å²) in [4.78, 5) is 0. The number of aryl methyl sites for hydroxylation is 1. The molecule has 0 unspecified atom stereocenters. The molecule has 4 heteroatoms. The van der Waals surface area contributed by atoms with Crippen molar-refractivity contribution in [2.45, 2.75) is 13.5 Å². The Kier molecular flexibility index (Phi) is 6.23. The number of nitrogens with one attached hydrogen (secondary N) is 1. The van der Waals surface area contributed by atoms with E-state index in [0.29, 0.717) is 0 Å². The topological polar surface area (TPSA) is 30.5 Å². The van der Waals surface area contributed by atoms with Crippen LogP contribution in [0, 0.1) is 6.92 Å². The lowest BCUT2D eigenvalue weighted by molar-refractivity contribution is 0.199. The third-order valence-electron chi connectivity index (χ3n) is 3.08. The van der Waals surface area contributed by atoms with Crippen LogP contribution in [0.5, 0.6) is 11.5 Å². The van der Waals surface area contributed by atoms with Gasteiger partial charge < -0.3 is 14.8 Å². The van der Waals surface area contributed by atoms with Gasteiger partial charge in [-0.05, 0) is 42.3 Å². The Morgan fingerprint density at radius 3 is 2.71 bits per heavy atom. The van der Waals surface area contributed by atoms with E-state index >= 15 is 0 Å². The van der Waals surface area contributed by atoms with Crippen molar-refractivity contribution in [3.05, 3.63) is 58.1 Å². The van der Waals surface area contributed by atoms with Gasteiger partial charge in [0.15, 0.2) is 0 Å². The Labute approximate surface area is 134 Å². The van der Waals surface area contributed by atoms with E-state index in [4.69, 9.17) is 9.47 Å². The van der Waals surface area contributed by atoms with Crippen LogP contribution in [-0.4, -0.2) is 20.3 Å². The lowest BCUT2D eigenvalue weighted by Crippen LogP contribution is -2.18. The Bertz CT molecular complexity index is 587. The number of ether oxygens (including phenoxy) is 2. The number of halogens is 1. The van der Waals surface area contributed by atoms with Crippen LogP contribution in [0.15, 0.2) is 46.9 Å². The fraction of sp³-hybridized carbons (Fsp3) is 0.294. The molecule has 112 valence electrons. The molecule has 0 atom stereocenters. The Hall–Kier alpha value is -1.36. The van der Waals surface area contributed by atoms with Gasteiger partial charge in [-0.15, -0.1) is 0 Å². The zero-order valence-electron chi connectivity index (χ0n) is 12.4. The molecule has 0 radical (unpaired) electrons. The lowest BCUT2D eigenvalue weighted by atomic mass is 10.1. The fourth-order valence-corrected chi connectivity index (χ4v) is 2.38. The first kappa shape index (κ1) is 16.0. The van der Waals surface area contributed by atoms with E-state index in [1.807, 2.05) is 30.3 Å². The minimum atomic E-state index is 0.725. The lowest BCUT2D eigenvalue weighted by Gasteiger charge is -2.11. The number of hydrogen-bond donors (Lipinski definition) is 1. The molecule has 2 aromatic carbocycles. The molecule has 0 aliphatic rings. The standard InChI is InChI=1S/C17H20BrNO2/c1-13-10-14(12-19-8-9-20-2)6-7-17(13)21-16-5-3-4-15(18)11-16/h3-7,10-11,19H,8-9,12H2,1-2H3. The summed E-state index contributed by atoms with van der Waals surface area (Å²) in [6.45, 7) is 4.47. The monoisotopic (exact) mass is 349 g/mol. The van der Waals surface area contributed by atoms with Gasteiger partial charge in [0.25, 0.3) is 0 Å². The summed E-state index contributed by atoms with van der Waals surface area (Å²) in [5, 5.41) is 3.33. The van der Waals surface area contributed by atoms with Gasteiger partial charge in [0.2, 0.25) is 0 Å². The van der Waals surface area contributed by atoms with Crippen molar-refractivity contribution in [2.75, 3.05) is 20.3 Å². The molecule has 0 spiro atoms. The minimum absolute atomic E-state index is 0.725. The summed E-state index contributed by atoms with van der Waals surface area (Å²) >= 11 is 3.45. The molecule has 3 nitrogen and oxygen atoms in total. The van der Waals surface area contributed by atoms with E-state index in [1.165, 1.54) is 5.56 Å². The Morgan fingerprint density at radius 2 is 2.00 bits per heavy atom. The van der Waals surface area contributed by atoms with Gasteiger partial charge in [0, 0.05) is 24.7 Å². The van der Waals surface area contributed by atoms with E-state index in [-0.39, 0.29) is 0 Å². The molecule has 2 aromatic rings. The molecule has 2 rings (SSSR count). The fourth-order valence-electron chi connectivity index (χ4n) is 2.00. The normalized spacial score (nSPS) is 10.6. The summed E-state index contributed by atoms with van der Waals surface area (Å²) in [5.74, 6) is 1.71. The van der Waals surface area contributed by atoms with Crippen LogP contribution >= 0.6 is 15.9 Å². The molecular formula is C17H20BrNO2. The zero-order valence-corrected chi connectivity index (χ0v) is 13.9. The molecule has 0 saturated heterocycles. The van der Waals surface area contributed by atoms with Gasteiger partial charge in [-0.25, -0.2) is 0 Å². The Morgan fingerprint density at radius 1 is 1.14 bits per heavy atom. The van der Waals surface area contributed by atoms with Crippen LogP contribution in [0.4, 0.5) is 0 Å². The zero-order chi connectivity index (χ0) is 15.1. The molecule has 21 heavy (non-hydrogen) atoms. The molecule has 0 aromatic heterocycles. The number of rotatable bonds is 7. The summed E-state index contributed by atoms with van der Waals surface area (Å²) in [7, 11) is 1.71. The summed E-state index contributed by atoms with van der Waals surface area (Å²) in [6, 6.07) is 14.1. The highest BCUT2D eigenvalue weighted by atomic mass is 79.9. The molecule has 0 fully saturated rings.